The molecular formula is C16H32N2O2. The zero-order valence-corrected chi connectivity index (χ0v) is 13.6. The maximum Gasteiger partial charge on any atom is 0.407 e. The summed E-state index contributed by atoms with van der Waals surface area (Å²) in [5.74, 6) is 1.52. The van der Waals surface area contributed by atoms with E-state index in [1.807, 2.05) is 20.8 Å². The Morgan fingerprint density at radius 2 is 1.80 bits per heavy atom. The lowest BCUT2D eigenvalue weighted by Crippen LogP contribution is -2.34. The van der Waals surface area contributed by atoms with Gasteiger partial charge in [0.15, 0.2) is 0 Å². The van der Waals surface area contributed by atoms with E-state index >= 15 is 0 Å². The third kappa shape index (κ3) is 7.13. The Kier molecular flexibility index (Phi) is 7.35. The van der Waals surface area contributed by atoms with Gasteiger partial charge < -0.3 is 15.4 Å². The van der Waals surface area contributed by atoms with Crippen molar-refractivity contribution in [2.45, 2.75) is 65.4 Å². The van der Waals surface area contributed by atoms with Crippen LogP contribution >= 0.6 is 0 Å². The van der Waals surface area contributed by atoms with Crippen LogP contribution in [0.25, 0.3) is 0 Å². The van der Waals surface area contributed by atoms with E-state index in [1.54, 1.807) is 0 Å². The lowest BCUT2D eigenvalue weighted by Gasteiger charge is -2.25. The Labute approximate surface area is 124 Å². The van der Waals surface area contributed by atoms with Crippen molar-refractivity contribution >= 4 is 6.09 Å². The first-order valence-electron chi connectivity index (χ1n) is 8.10. The lowest BCUT2D eigenvalue weighted by molar-refractivity contribution is 0.0522. The number of carbonyl (C=O) groups excluding carboxylic acids is 1. The standard InChI is InChI=1S/C16H32N2O2/c1-5-6-13-7-10-17-11-8-14(13)9-12-18-15(19)20-16(2,3)4/h13-14,17H,5-12H2,1-4H3,(H,18,19). The topological polar surface area (TPSA) is 50.4 Å². The number of ether oxygens (including phenoxy) is 1. The van der Waals surface area contributed by atoms with Gasteiger partial charge in [-0.1, -0.05) is 19.8 Å². The van der Waals surface area contributed by atoms with Crippen molar-refractivity contribution in [3.8, 4) is 0 Å². The second kappa shape index (κ2) is 8.50. The number of nitrogens with one attached hydrogen (secondary N) is 2. The molecule has 0 aromatic carbocycles. The average molecular weight is 284 g/mol. The lowest BCUT2D eigenvalue weighted by atomic mass is 9.82. The van der Waals surface area contributed by atoms with Gasteiger partial charge in [0.05, 0.1) is 0 Å². The fourth-order valence-corrected chi connectivity index (χ4v) is 2.98. The molecule has 1 saturated heterocycles. The number of rotatable bonds is 5. The summed E-state index contributed by atoms with van der Waals surface area (Å²) in [6.45, 7) is 10.9. The number of alkyl carbamates (subject to hydrolysis) is 1. The van der Waals surface area contributed by atoms with Gasteiger partial charge in [0, 0.05) is 6.54 Å². The first-order chi connectivity index (χ1) is 9.42. The highest BCUT2D eigenvalue weighted by molar-refractivity contribution is 5.67. The Morgan fingerprint density at radius 3 is 2.35 bits per heavy atom. The second-order valence-electron chi connectivity index (χ2n) is 6.85. The smallest absolute Gasteiger partial charge is 0.407 e. The van der Waals surface area contributed by atoms with Gasteiger partial charge in [0.1, 0.15) is 5.60 Å². The summed E-state index contributed by atoms with van der Waals surface area (Å²) in [4.78, 5) is 11.6. The summed E-state index contributed by atoms with van der Waals surface area (Å²) in [7, 11) is 0. The minimum Gasteiger partial charge on any atom is -0.444 e. The van der Waals surface area contributed by atoms with Crippen LogP contribution in [0.15, 0.2) is 0 Å². The van der Waals surface area contributed by atoms with Gasteiger partial charge >= 0.3 is 6.09 Å². The minimum absolute atomic E-state index is 0.295. The molecule has 0 saturated carbocycles. The van der Waals surface area contributed by atoms with Crippen LogP contribution < -0.4 is 10.6 Å². The molecule has 1 amide bonds. The van der Waals surface area contributed by atoms with E-state index in [-0.39, 0.29) is 6.09 Å². The van der Waals surface area contributed by atoms with Crippen molar-refractivity contribution in [2.24, 2.45) is 11.8 Å². The molecular weight excluding hydrogens is 252 g/mol. The predicted octanol–water partition coefficient (Wildman–Crippen LogP) is 3.32. The molecule has 2 N–H and O–H groups in total. The molecule has 1 aliphatic heterocycles. The Morgan fingerprint density at radius 1 is 1.20 bits per heavy atom. The van der Waals surface area contributed by atoms with Crippen LogP contribution in [0, 0.1) is 11.8 Å². The van der Waals surface area contributed by atoms with E-state index in [0.717, 1.165) is 37.9 Å². The molecule has 20 heavy (non-hydrogen) atoms. The molecule has 118 valence electrons. The third-order valence-corrected chi connectivity index (χ3v) is 3.89. The number of hydrogen-bond acceptors (Lipinski definition) is 3. The van der Waals surface area contributed by atoms with Crippen LogP contribution in [0.1, 0.15) is 59.8 Å². The molecule has 0 radical (unpaired) electrons. The molecule has 0 spiro atoms. The number of carbonyl (C=O) groups is 1. The highest BCUT2D eigenvalue weighted by Crippen LogP contribution is 2.28. The fourth-order valence-electron chi connectivity index (χ4n) is 2.98. The first kappa shape index (κ1) is 17.3. The van der Waals surface area contributed by atoms with Gasteiger partial charge in [-0.3, -0.25) is 0 Å². The van der Waals surface area contributed by atoms with E-state index in [0.29, 0.717) is 0 Å². The van der Waals surface area contributed by atoms with E-state index in [4.69, 9.17) is 4.74 Å². The van der Waals surface area contributed by atoms with Crippen molar-refractivity contribution in [1.29, 1.82) is 0 Å². The number of hydrogen-bond donors (Lipinski definition) is 2. The van der Waals surface area contributed by atoms with Crippen LogP contribution in [0.3, 0.4) is 0 Å². The highest BCUT2D eigenvalue weighted by Gasteiger charge is 2.23. The van der Waals surface area contributed by atoms with Gasteiger partial charge in [-0.15, -0.1) is 0 Å². The molecule has 1 aliphatic rings. The number of amides is 1. The Hall–Kier alpha value is -0.770. The molecule has 2 atom stereocenters. The van der Waals surface area contributed by atoms with Crippen LogP contribution in [-0.4, -0.2) is 31.3 Å². The zero-order valence-electron chi connectivity index (χ0n) is 13.6. The summed E-state index contributed by atoms with van der Waals surface area (Å²) in [6, 6.07) is 0. The van der Waals surface area contributed by atoms with E-state index in [2.05, 4.69) is 17.6 Å². The first-order valence-corrected chi connectivity index (χ1v) is 8.10. The molecule has 1 heterocycles. The van der Waals surface area contributed by atoms with Crippen molar-refractivity contribution in [1.82, 2.24) is 10.6 Å². The van der Waals surface area contributed by atoms with Crippen LogP contribution in [-0.2, 0) is 4.74 Å². The summed E-state index contributed by atoms with van der Waals surface area (Å²) in [6.07, 6.45) is 5.81. The van der Waals surface area contributed by atoms with Crippen LogP contribution in [0.5, 0.6) is 0 Å². The second-order valence-corrected chi connectivity index (χ2v) is 6.85. The van der Waals surface area contributed by atoms with Crippen molar-refractivity contribution in [2.75, 3.05) is 19.6 Å². The monoisotopic (exact) mass is 284 g/mol. The van der Waals surface area contributed by atoms with E-state index in [9.17, 15) is 4.79 Å². The van der Waals surface area contributed by atoms with Crippen molar-refractivity contribution < 1.29 is 9.53 Å². The third-order valence-electron chi connectivity index (χ3n) is 3.89. The van der Waals surface area contributed by atoms with Crippen LogP contribution in [0.4, 0.5) is 4.79 Å². The summed E-state index contributed by atoms with van der Waals surface area (Å²) in [5, 5.41) is 6.37. The van der Waals surface area contributed by atoms with Gasteiger partial charge in [-0.05, 0) is 65.0 Å². The molecule has 2 unspecified atom stereocenters. The minimum atomic E-state index is -0.416. The van der Waals surface area contributed by atoms with Gasteiger partial charge in [0.2, 0.25) is 0 Å². The molecule has 4 nitrogen and oxygen atoms in total. The average Bonchev–Trinajstić information content (AvgIpc) is 2.53. The molecule has 0 aliphatic carbocycles. The molecule has 1 fully saturated rings. The quantitative estimate of drug-likeness (QED) is 0.814. The SMILES string of the molecule is CCCC1CCNCCC1CCNC(=O)OC(C)(C)C. The molecule has 4 heteroatoms. The van der Waals surface area contributed by atoms with Crippen molar-refractivity contribution in [3.05, 3.63) is 0 Å². The molecule has 0 bridgehead atoms. The molecule has 1 rings (SSSR count). The van der Waals surface area contributed by atoms with E-state index < -0.39 is 5.60 Å². The zero-order chi connectivity index (χ0) is 15.0. The highest BCUT2D eigenvalue weighted by atomic mass is 16.6. The van der Waals surface area contributed by atoms with Gasteiger partial charge in [-0.2, -0.15) is 0 Å². The Bertz CT molecular complexity index is 287. The van der Waals surface area contributed by atoms with E-state index in [1.165, 1.54) is 25.7 Å². The normalized spacial score (nSPS) is 24.0. The van der Waals surface area contributed by atoms with Gasteiger partial charge in [0.25, 0.3) is 0 Å². The fraction of sp³-hybridized carbons (Fsp3) is 0.938. The van der Waals surface area contributed by atoms with Crippen molar-refractivity contribution in [3.63, 3.8) is 0 Å². The van der Waals surface area contributed by atoms with Gasteiger partial charge in [-0.25, -0.2) is 4.79 Å². The summed E-state index contributed by atoms with van der Waals surface area (Å²) >= 11 is 0. The maximum absolute atomic E-state index is 11.6. The van der Waals surface area contributed by atoms with Crippen LogP contribution in [0.2, 0.25) is 0 Å². The molecule has 0 aromatic rings. The predicted molar refractivity (Wildman–Crippen MR) is 82.8 cm³/mol. The summed E-state index contributed by atoms with van der Waals surface area (Å²) < 4.78 is 5.26. The molecule has 0 aromatic heterocycles. The Balaban J connectivity index is 2.32. The maximum atomic E-state index is 11.6. The largest absolute Gasteiger partial charge is 0.444 e. The summed E-state index contributed by atoms with van der Waals surface area (Å²) in [5.41, 5.74) is -0.416.